The first-order valence-corrected chi connectivity index (χ1v) is 6.06. The molecule has 7 heteroatoms. The zero-order chi connectivity index (χ0) is 13.8. The van der Waals surface area contributed by atoms with Gasteiger partial charge in [0.1, 0.15) is 11.5 Å². The van der Waals surface area contributed by atoms with Crippen LogP contribution in [0.3, 0.4) is 0 Å². The van der Waals surface area contributed by atoms with Crippen molar-refractivity contribution in [1.82, 2.24) is 5.32 Å². The van der Waals surface area contributed by atoms with Crippen LogP contribution in [-0.2, 0) is 4.79 Å². The lowest BCUT2D eigenvalue weighted by Gasteiger charge is -2.22. The first-order chi connectivity index (χ1) is 9.08. The first kappa shape index (κ1) is 13.4. The van der Waals surface area contributed by atoms with Crippen LogP contribution >= 0.6 is 0 Å². The van der Waals surface area contributed by atoms with E-state index >= 15 is 0 Å². The summed E-state index contributed by atoms with van der Waals surface area (Å²) in [7, 11) is 0. The first-order valence-electron chi connectivity index (χ1n) is 6.06. The zero-order valence-electron chi connectivity index (χ0n) is 10.2. The summed E-state index contributed by atoms with van der Waals surface area (Å²) in [5.74, 6) is -1.03. The van der Waals surface area contributed by atoms with Gasteiger partial charge in [0.15, 0.2) is 0 Å². The maximum atomic E-state index is 13.0. The van der Waals surface area contributed by atoms with E-state index in [9.17, 15) is 19.3 Å². The highest BCUT2D eigenvalue weighted by Crippen LogP contribution is 2.25. The van der Waals surface area contributed by atoms with Crippen LogP contribution in [0.1, 0.15) is 19.3 Å². The summed E-state index contributed by atoms with van der Waals surface area (Å²) in [5.41, 5.74) is -0.423. The predicted molar refractivity (Wildman–Crippen MR) is 67.3 cm³/mol. The number of rotatable bonds is 3. The summed E-state index contributed by atoms with van der Waals surface area (Å²) in [6, 6.07) is 2.73. The molecular formula is C12H14FN3O3. The number of nitro benzene ring substituents is 1. The minimum absolute atomic E-state index is 0.0174. The van der Waals surface area contributed by atoms with Gasteiger partial charge >= 0.3 is 0 Å². The van der Waals surface area contributed by atoms with E-state index in [0.29, 0.717) is 6.42 Å². The second-order valence-electron chi connectivity index (χ2n) is 4.41. The van der Waals surface area contributed by atoms with E-state index in [0.717, 1.165) is 31.5 Å². The van der Waals surface area contributed by atoms with E-state index in [1.807, 2.05) is 0 Å². The largest absolute Gasteiger partial charge is 0.319 e. The molecule has 19 heavy (non-hydrogen) atoms. The van der Waals surface area contributed by atoms with Crippen molar-refractivity contribution in [3.63, 3.8) is 0 Å². The molecule has 0 aromatic heterocycles. The molecule has 6 nitrogen and oxygen atoms in total. The van der Waals surface area contributed by atoms with Crippen molar-refractivity contribution in [3.05, 3.63) is 34.1 Å². The van der Waals surface area contributed by atoms with Gasteiger partial charge in [-0.25, -0.2) is 4.39 Å². The fourth-order valence-electron chi connectivity index (χ4n) is 2.06. The molecule has 1 amide bonds. The Morgan fingerprint density at radius 3 is 2.89 bits per heavy atom. The Kier molecular flexibility index (Phi) is 4.06. The molecule has 1 heterocycles. The zero-order valence-corrected chi connectivity index (χ0v) is 10.2. The molecule has 0 aliphatic carbocycles. The number of amides is 1. The third-order valence-corrected chi connectivity index (χ3v) is 3.04. The van der Waals surface area contributed by atoms with Crippen LogP contribution in [0.15, 0.2) is 18.2 Å². The number of benzene rings is 1. The molecule has 1 fully saturated rings. The number of anilines is 1. The van der Waals surface area contributed by atoms with Crippen molar-refractivity contribution in [2.45, 2.75) is 25.3 Å². The molecule has 0 unspecified atom stereocenters. The van der Waals surface area contributed by atoms with Crippen LogP contribution in [-0.4, -0.2) is 23.4 Å². The van der Waals surface area contributed by atoms with Crippen LogP contribution in [0.5, 0.6) is 0 Å². The molecule has 1 saturated heterocycles. The van der Waals surface area contributed by atoms with Gasteiger partial charge < -0.3 is 10.6 Å². The molecule has 1 aliphatic rings. The Bertz CT molecular complexity index is 501. The van der Waals surface area contributed by atoms with Crippen molar-refractivity contribution >= 4 is 17.3 Å². The Hall–Kier alpha value is -2.02. The summed E-state index contributed by atoms with van der Waals surface area (Å²) in [6.07, 6.45) is 2.65. The average molecular weight is 267 g/mol. The normalized spacial score (nSPS) is 18.9. The number of carbonyl (C=O) groups is 1. The molecule has 1 aliphatic heterocycles. The second-order valence-corrected chi connectivity index (χ2v) is 4.41. The molecular weight excluding hydrogens is 253 g/mol. The maximum Gasteiger partial charge on any atom is 0.295 e. The minimum atomic E-state index is -0.715. The highest BCUT2D eigenvalue weighted by Gasteiger charge is 2.23. The van der Waals surface area contributed by atoms with Crippen molar-refractivity contribution in [3.8, 4) is 0 Å². The van der Waals surface area contributed by atoms with Gasteiger partial charge in [-0.15, -0.1) is 0 Å². The number of piperidine rings is 1. The third-order valence-electron chi connectivity index (χ3n) is 3.04. The number of nitrogens with one attached hydrogen (secondary N) is 2. The van der Waals surface area contributed by atoms with Gasteiger partial charge in [-0.05, 0) is 31.5 Å². The Balaban J connectivity index is 2.13. The van der Waals surface area contributed by atoms with E-state index in [4.69, 9.17) is 0 Å². The predicted octanol–water partition coefficient (Wildman–Crippen LogP) is 1.81. The second kappa shape index (κ2) is 5.75. The molecule has 0 radical (unpaired) electrons. The van der Waals surface area contributed by atoms with Crippen molar-refractivity contribution in [1.29, 1.82) is 0 Å². The Morgan fingerprint density at radius 1 is 1.47 bits per heavy atom. The molecule has 0 saturated carbocycles. The van der Waals surface area contributed by atoms with Crippen LogP contribution in [0, 0.1) is 15.9 Å². The van der Waals surface area contributed by atoms with E-state index in [1.165, 1.54) is 6.07 Å². The molecule has 1 aromatic carbocycles. The lowest BCUT2D eigenvalue weighted by Crippen LogP contribution is -2.43. The Labute approximate surface area is 109 Å². The fraction of sp³-hybridized carbons (Fsp3) is 0.417. The lowest BCUT2D eigenvalue weighted by molar-refractivity contribution is -0.384. The summed E-state index contributed by atoms with van der Waals surface area (Å²) < 4.78 is 13.0. The van der Waals surface area contributed by atoms with Gasteiger partial charge in [-0.1, -0.05) is 6.42 Å². The highest BCUT2D eigenvalue weighted by molar-refractivity contribution is 5.96. The van der Waals surface area contributed by atoms with Crippen molar-refractivity contribution in [2.24, 2.45) is 0 Å². The third kappa shape index (κ3) is 3.25. The van der Waals surface area contributed by atoms with E-state index in [1.54, 1.807) is 0 Å². The van der Waals surface area contributed by atoms with Gasteiger partial charge in [-0.3, -0.25) is 14.9 Å². The Morgan fingerprint density at radius 2 is 2.26 bits per heavy atom. The van der Waals surface area contributed by atoms with Gasteiger partial charge in [0.2, 0.25) is 5.91 Å². The molecule has 1 aromatic rings. The van der Waals surface area contributed by atoms with Gasteiger partial charge in [0.25, 0.3) is 5.69 Å². The van der Waals surface area contributed by atoms with Crippen molar-refractivity contribution < 1.29 is 14.1 Å². The van der Waals surface area contributed by atoms with E-state index in [2.05, 4.69) is 10.6 Å². The van der Waals surface area contributed by atoms with E-state index < -0.39 is 16.4 Å². The molecule has 2 rings (SSSR count). The number of nitro groups is 1. The smallest absolute Gasteiger partial charge is 0.295 e. The van der Waals surface area contributed by atoms with Crippen LogP contribution in [0.4, 0.5) is 15.8 Å². The molecule has 102 valence electrons. The lowest BCUT2D eigenvalue weighted by atomic mass is 10.0. The summed E-state index contributed by atoms with van der Waals surface area (Å²) in [5, 5.41) is 16.3. The number of hydrogen-bond acceptors (Lipinski definition) is 4. The van der Waals surface area contributed by atoms with Gasteiger partial charge in [0.05, 0.1) is 17.0 Å². The minimum Gasteiger partial charge on any atom is -0.319 e. The fourth-order valence-corrected chi connectivity index (χ4v) is 2.06. The monoisotopic (exact) mass is 267 g/mol. The molecule has 1 atom stereocenters. The van der Waals surface area contributed by atoms with Crippen molar-refractivity contribution in [2.75, 3.05) is 11.9 Å². The van der Waals surface area contributed by atoms with Crippen LogP contribution in [0.2, 0.25) is 0 Å². The summed E-state index contributed by atoms with van der Waals surface area (Å²) in [6.45, 7) is 0.754. The standard InChI is InChI=1S/C12H14FN3O3/c13-8-4-5-9(11(7-8)16(18)19)15-12(17)10-3-1-2-6-14-10/h4-5,7,10,14H,1-3,6H2,(H,15,17)/t10-/m1/s1. The molecule has 0 spiro atoms. The van der Waals surface area contributed by atoms with Gasteiger partial charge in [-0.2, -0.15) is 0 Å². The number of carbonyl (C=O) groups excluding carboxylic acids is 1. The molecule has 0 bridgehead atoms. The summed E-state index contributed by atoms with van der Waals surface area (Å²) >= 11 is 0. The topological polar surface area (TPSA) is 84.3 Å². The number of halogens is 1. The van der Waals surface area contributed by atoms with E-state index in [-0.39, 0.29) is 17.6 Å². The maximum absolute atomic E-state index is 13.0. The average Bonchev–Trinajstić information content (AvgIpc) is 2.41. The SMILES string of the molecule is O=C(Nc1ccc(F)cc1[N+](=O)[O-])[C@H]1CCCCN1. The summed E-state index contributed by atoms with van der Waals surface area (Å²) in [4.78, 5) is 22.0. The number of hydrogen-bond donors (Lipinski definition) is 2. The van der Waals surface area contributed by atoms with Crippen LogP contribution in [0.25, 0.3) is 0 Å². The highest BCUT2D eigenvalue weighted by atomic mass is 19.1. The molecule has 2 N–H and O–H groups in total. The number of nitrogens with zero attached hydrogens (tertiary/aromatic N) is 1. The van der Waals surface area contributed by atoms with Crippen LogP contribution < -0.4 is 10.6 Å². The van der Waals surface area contributed by atoms with Gasteiger partial charge in [0, 0.05) is 0 Å². The quantitative estimate of drug-likeness (QED) is 0.646.